The predicted molar refractivity (Wildman–Crippen MR) is 107 cm³/mol. The Morgan fingerprint density at radius 1 is 0.793 bits per heavy atom. The molecule has 0 heterocycles. The van der Waals surface area contributed by atoms with E-state index in [9.17, 15) is 22.6 Å². The minimum atomic E-state index is -5.03. The summed E-state index contributed by atoms with van der Waals surface area (Å²) in [5, 5.41) is -2.07. The van der Waals surface area contributed by atoms with Gasteiger partial charge >= 0.3 is 41.5 Å². The first-order valence-corrected chi connectivity index (χ1v) is 11.6. The van der Waals surface area contributed by atoms with Crippen molar-refractivity contribution >= 4 is 22.1 Å². The van der Waals surface area contributed by atoms with Crippen LogP contribution in [0.2, 0.25) is 0 Å². The van der Waals surface area contributed by atoms with Gasteiger partial charge < -0.3 is 14.0 Å². The van der Waals surface area contributed by atoms with E-state index in [1.54, 1.807) is 13.8 Å². The van der Waals surface area contributed by atoms with Gasteiger partial charge in [0.2, 0.25) is 0 Å². The number of hydrogen-bond donors (Lipinski definition) is 0. The molecular formula is C20H37NaO7S. The summed E-state index contributed by atoms with van der Waals surface area (Å²) >= 11 is 0. The van der Waals surface area contributed by atoms with Crippen LogP contribution in [-0.2, 0) is 29.2 Å². The molecule has 0 aliphatic carbocycles. The van der Waals surface area contributed by atoms with Crippen molar-refractivity contribution in [3.8, 4) is 0 Å². The maximum Gasteiger partial charge on any atom is 1.00 e. The average molecular weight is 445 g/mol. The molecule has 0 saturated heterocycles. The molecule has 166 valence electrons. The first-order valence-electron chi connectivity index (χ1n) is 10.2. The Kier molecular flexibility index (Phi) is 16.7. The van der Waals surface area contributed by atoms with E-state index < -0.39 is 45.9 Å². The molecule has 0 bridgehead atoms. The van der Waals surface area contributed by atoms with Crippen molar-refractivity contribution in [2.45, 2.75) is 104 Å². The second-order valence-electron chi connectivity index (χ2n) is 8.38. The molecule has 0 aromatic heterocycles. The summed E-state index contributed by atoms with van der Waals surface area (Å²) < 4.78 is 44.6. The summed E-state index contributed by atoms with van der Waals surface area (Å²) in [5.41, 5.74) is 0. The SMILES string of the molecule is CC(C)CCCC(C)OC(=O)CC(C(=O)OC(C)CCCC(C)C)S(=O)(=O)[O-].[Na+]. The van der Waals surface area contributed by atoms with E-state index >= 15 is 0 Å². The third kappa shape index (κ3) is 16.2. The zero-order valence-corrected chi connectivity index (χ0v) is 21.9. The summed E-state index contributed by atoms with van der Waals surface area (Å²) in [4.78, 5) is 24.2. The van der Waals surface area contributed by atoms with Gasteiger partial charge in [0.15, 0.2) is 5.25 Å². The van der Waals surface area contributed by atoms with Crippen LogP contribution in [0.1, 0.15) is 86.5 Å². The summed E-state index contributed by atoms with van der Waals surface area (Å²) in [6.45, 7) is 11.7. The molecule has 0 amide bonds. The molecule has 7 nitrogen and oxygen atoms in total. The Balaban J connectivity index is 0. The van der Waals surface area contributed by atoms with Crippen molar-refractivity contribution in [2.75, 3.05) is 0 Å². The minimum Gasteiger partial charge on any atom is -0.747 e. The van der Waals surface area contributed by atoms with Crippen LogP contribution in [0.5, 0.6) is 0 Å². The molecule has 0 rings (SSSR count). The first kappa shape index (κ1) is 31.0. The van der Waals surface area contributed by atoms with E-state index in [0.717, 1.165) is 25.7 Å². The minimum absolute atomic E-state index is 0. The first-order chi connectivity index (χ1) is 12.8. The molecule has 3 atom stereocenters. The molecule has 0 aliphatic heterocycles. The van der Waals surface area contributed by atoms with Gasteiger partial charge in [0.25, 0.3) is 0 Å². The number of carbonyl (C=O) groups is 2. The van der Waals surface area contributed by atoms with Crippen LogP contribution in [0.3, 0.4) is 0 Å². The fourth-order valence-corrected chi connectivity index (χ4v) is 3.38. The maximum atomic E-state index is 12.2. The Labute approximate surface area is 198 Å². The number of ether oxygens (including phenoxy) is 2. The molecule has 0 aromatic carbocycles. The topological polar surface area (TPSA) is 110 Å². The summed E-state index contributed by atoms with van der Waals surface area (Å²) in [7, 11) is -5.03. The van der Waals surface area contributed by atoms with Crippen molar-refractivity contribution in [1.29, 1.82) is 0 Å². The molecule has 0 fully saturated rings. The van der Waals surface area contributed by atoms with Crippen LogP contribution in [0, 0.1) is 11.8 Å². The van der Waals surface area contributed by atoms with E-state index in [2.05, 4.69) is 27.7 Å². The van der Waals surface area contributed by atoms with Crippen molar-refractivity contribution in [3.63, 3.8) is 0 Å². The zero-order chi connectivity index (χ0) is 21.9. The maximum absolute atomic E-state index is 12.2. The normalized spacial score (nSPS) is 14.8. The smallest absolute Gasteiger partial charge is 0.747 e. The van der Waals surface area contributed by atoms with E-state index in [1.807, 2.05) is 0 Å². The van der Waals surface area contributed by atoms with Crippen molar-refractivity contribution in [3.05, 3.63) is 0 Å². The molecular weight excluding hydrogens is 407 g/mol. The molecule has 0 aromatic rings. The van der Waals surface area contributed by atoms with Gasteiger partial charge in [-0.2, -0.15) is 0 Å². The van der Waals surface area contributed by atoms with Gasteiger partial charge in [-0.3, -0.25) is 9.59 Å². The molecule has 0 saturated carbocycles. The summed E-state index contributed by atoms with van der Waals surface area (Å²) in [6, 6.07) is 0. The quantitative estimate of drug-likeness (QED) is 0.221. The second-order valence-corrected chi connectivity index (χ2v) is 9.94. The molecule has 0 radical (unpaired) electrons. The van der Waals surface area contributed by atoms with Crippen molar-refractivity contribution in [1.82, 2.24) is 0 Å². The van der Waals surface area contributed by atoms with Crippen LogP contribution in [0.25, 0.3) is 0 Å². The molecule has 9 heteroatoms. The van der Waals surface area contributed by atoms with Gasteiger partial charge in [0.1, 0.15) is 10.1 Å². The largest absolute Gasteiger partial charge is 1.00 e. The van der Waals surface area contributed by atoms with Crippen molar-refractivity contribution in [2.24, 2.45) is 11.8 Å². The van der Waals surface area contributed by atoms with Gasteiger partial charge in [-0.05, 0) is 51.4 Å². The number of rotatable bonds is 14. The Bertz CT molecular complexity index is 575. The van der Waals surface area contributed by atoms with Gasteiger partial charge in [0, 0.05) is 0 Å². The van der Waals surface area contributed by atoms with Crippen LogP contribution in [-0.4, -0.2) is 42.4 Å². The van der Waals surface area contributed by atoms with Gasteiger partial charge in [-0.1, -0.05) is 40.5 Å². The van der Waals surface area contributed by atoms with Crippen molar-refractivity contribution < 1.29 is 61.6 Å². The fraction of sp³-hybridized carbons (Fsp3) is 0.900. The molecule has 0 N–H and O–H groups in total. The zero-order valence-electron chi connectivity index (χ0n) is 19.1. The molecule has 0 aliphatic rings. The van der Waals surface area contributed by atoms with Gasteiger partial charge in [-0.25, -0.2) is 8.42 Å². The predicted octanol–water partition coefficient (Wildman–Crippen LogP) is 0.810. The average Bonchev–Trinajstić information content (AvgIpc) is 2.50. The Morgan fingerprint density at radius 2 is 1.21 bits per heavy atom. The van der Waals surface area contributed by atoms with E-state index in [-0.39, 0.29) is 29.6 Å². The number of esters is 2. The van der Waals surface area contributed by atoms with Gasteiger partial charge in [0.05, 0.1) is 18.6 Å². The number of carbonyl (C=O) groups excluding carboxylic acids is 2. The monoisotopic (exact) mass is 444 g/mol. The molecule has 29 heavy (non-hydrogen) atoms. The Morgan fingerprint density at radius 3 is 1.59 bits per heavy atom. The molecule has 0 spiro atoms. The van der Waals surface area contributed by atoms with Crippen LogP contribution in [0.4, 0.5) is 0 Å². The van der Waals surface area contributed by atoms with E-state index in [0.29, 0.717) is 24.7 Å². The summed E-state index contributed by atoms with van der Waals surface area (Å²) in [6.07, 6.45) is 3.06. The third-order valence-electron chi connectivity index (χ3n) is 4.40. The van der Waals surface area contributed by atoms with E-state index in [4.69, 9.17) is 9.47 Å². The van der Waals surface area contributed by atoms with Crippen LogP contribution < -0.4 is 29.6 Å². The van der Waals surface area contributed by atoms with Gasteiger partial charge in [-0.15, -0.1) is 0 Å². The second kappa shape index (κ2) is 15.6. The summed E-state index contributed by atoms with van der Waals surface area (Å²) in [5.74, 6) is -1.02. The Hall–Kier alpha value is -0.150. The van der Waals surface area contributed by atoms with E-state index in [1.165, 1.54) is 0 Å². The number of hydrogen-bond acceptors (Lipinski definition) is 7. The third-order valence-corrected chi connectivity index (χ3v) is 5.45. The fourth-order valence-electron chi connectivity index (χ4n) is 2.75. The van der Waals surface area contributed by atoms with Crippen LogP contribution >= 0.6 is 0 Å². The van der Waals surface area contributed by atoms with Crippen LogP contribution in [0.15, 0.2) is 0 Å². The molecule has 3 unspecified atom stereocenters. The standard InChI is InChI=1S/C20H38O7S.Na/c1-14(2)9-7-11-16(5)26-19(21)13-18(28(23,24)25)20(22)27-17(6)12-8-10-15(3)4;/h14-18H,7-13H2,1-6H3,(H,23,24,25);/q;+1/p-1.